The third-order valence-corrected chi connectivity index (χ3v) is 4.33. The third-order valence-electron chi connectivity index (χ3n) is 3.84. The van der Waals surface area contributed by atoms with Gasteiger partial charge in [0.05, 0.1) is 0 Å². The molecule has 3 heteroatoms. The molecule has 2 rings (SSSR count). The molecule has 0 aliphatic carbocycles. The summed E-state index contributed by atoms with van der Waals surface area (Å²) in [6, 6.07) is 7.06. The average molecular weight is 311 g/mol. The van der Waals surface area contributed by atoms with Crippen molar-refractivity contribution in [3.05, 3.63) is 28.2 Å². The van der Waals surface area contributed by atoms with Crippen molar-refractivity contribution in [2.75, 3.05) is 25.0 Å². The molecule has 1 aromatic rings. The molecule has 1 unspecified atom stereocenters. The molecule has 100 valence electrons. The Morgan fingerprint density at radius 3 is 2.44 bits per heavy atom. The number of hydrogen-bond donors (Lipinski definition) is 1. The molecule has 1 aliphatic heterocycles. The highest BCUT2D eigenvalue weighted by molar-refractivity contribution is 9.10. The van der Waals surface area contributed by atoms with Crippen molar-refractivity contribution < 1.29 is 0 Å². The molecular formula is C15H23BrN2. The molecule has 1 aliphatic rings. The van der Waals surface area contributed by atoms with Crippen LogP contribution in [-0.4, -0.2) is 20.1 Å². The minimum Gasteiger partial charge on any atom is -0.371 e. The number of nitrogens with zero attached hydrogens (tertiary/aromatic N) is 1. The van der Waals surface area contributed by atoms with Crippen LogP contribution in [0.15, 0.2) is 22.7 Å². The van der Waals surface area contributed by atoms with Gasteiger partial charge in [0.1, 0.15) is 0 Å². The summed E-state index contributed by atoms with van der Waals surface area (Å²) < 4.78 is 1.17. The second-order valence-electron chi connectivity index (χ2n) is 5.11. The number of halogens is 1. The largest absolute Gasteiger partial charge is 0.371 e. The van der Waals surface area contributed by atoms with Gasteiger partial charge in [-0.25, -0.2) is 0 Å². The van der Waals surface area contributed by atoms with Crippen LogP contribution in [0.5, 0.6) is 0 Å². The maximum Gasteiger partial charge on any atom is 0.0425 e. The molecule has 0 amide bonds. The summed E-state index contributed by atoms with van der Waals surface area (Å²) in [6.07, 6.45) is 5.39. The predicted molar refractivity (Wildman–Crippen MR) is 82.3 cm³/mol. The molecule has 0 aromatic heterocycles. The smallest absolute Gasteiger partial charge is 0.0425 e. The highest BCUT2D eigenvalue weighted by Gasteiger charge is 2.16. The summed E-state index contributed by atoms with van der Waals surface area (Å²) in [7, 11) is 2.03. The van der Waals surface area contributed by atoms with Gasteiger partial charge in [-0.15, -0.1) is 0 Å². The Labute approximate surface area is 119 Å². The first-order valence-corrected chi connectivity index (χ1v) is 7.73. The molecule has 1 fully saturated rings. The molecule has 0 bridgehead atoms. The summed E-state index contributed by atoms with van der Waals surface area (Å²) >= 11 is 3.61. The van der Waals surface area contributed by atoms with Crippen LogP contribution in [0.2, 0.25) is 0 Å². The predicted octanol–water partition coefficient (Wildman–Crippen LogP) is 4.11. The van der Waals surface area contributed by atoms with Gasteiger partial charge in [-0.2, -0.15) is 0 Å². The number of rotatable bonds is 3. The van der Waals surface area contributed by atoms with Gasteiger partial charge in [0, 0.05) is 29.3 Å². The van der Waals surface area contributed by atoms with E-state index in [0.29, 0.717) is 6.04 Å². The number of hydrogen-bond acceptors (Lipinski definition) is 2. The van der Waals surface area contributed by atoms with Crippen molar-refractivity contribution in [1.82, 2.24) is 5.32 Å². The van der Waals surface area contributed by atoms with Crippen LogP contribution < -0.4 is 10.2 Å². The molecule has 0 radical (unpaired) electrons. The van der Waals surface area contributed by atoms with Gasteiger partial charge in [-0.1, -0.05) is 34.8 Å². The van der Waals surface area contributed by atoms with Crippen molar-refractivity contribution in [3.63, 3.8) is 0 Å². The molecule has 0 spiro atoms. The van der Waals surface area contributed by atoms with Crippen LogP contribution in [0.3, 0.4) is 0 Å². The molecule has 18 heavy (non-hydrogen) atoms. The Bertz CT molecular complexity index is 384. The normalized spacial score (nSPS) is 18.5. The van der Waals surface area contributed by atoms with E-state index in [1.807, 2.05) is 7.05 Å². The fourth-order valence-electron chi connectivity index (χ4n) is 2.62. The first-order chi connectivity index (χ1) is 8.72. The molecular weight excluding hydrogens is 288 g/mol. The van der Waals surface area contributed by atoms with Crippen LogP contribution in [0.1, 0.15) is 44.2 Å². The zero-order chi connectivity index (χ0) is 13.0. The van der Waals surface area contributed by atoms with E-state index in [-0.39, 0.29) is 0 Å². The van der Waals surface area contributed by atoms with Crippen LogP contribution in [0.4, 0.5) is 5.69 Å². The van der Waals surface area contributed by atoms with Crippen LogP contribution >= 0.6 is 15.9 Å². The quantitative estimate of drug-likeness (QED) is 0.904. The molecule has 1 N–H and O–H groups in total. The lowest BCUT2D eigenvalue weighted by atomic mass is 10.0. The van der Waals surface area contributed by atoms with Crippen molar-refractivity contribution in [1.29, 1.82) is 0 Å². The molecule has 1 saturated heterocycles. The maximum absolute atomic E-state index is 3.61. The van der Waals surface area contributed by atoms with E-state index >= 15 is 0 Å². The summed E-state index contributed by atoms with van der Waals surface area (Å²) in [5.41, 5.74) is 2.80. The highest BCUT2D eigenvalue weighted by atomic mass is 79.9. The first kappa shape index (κ1) is 13.9. The van der Waals surface area contributed by atoms with Crippen molar-refractivity contribution >= 4 is 21.6 Å². The number of anilines is 1. The summed E-state index contributed by atoms with van der Waals surface area (Å²) in [5, 5.41) is 3.35. The molecule has 1 aromatic carbocycles. The van der Waals surface area contributed by atoms with Gasteiger partial charge in [-0.3, -0.25) is 0 Å². The summed E-state index contributed by atoms with van der Waals surface area (Å²) in [4.78, 5) is 2.56. The maximum atomic E-state index is 3.61. The van der Waals surface area contributed by atoms with Gasteiger partial charge in [0.25, 0.3) is 0 Å². The average Bonchev–Trinajstić information content (AvgIpc) is 2.66. The van der Waals surface area contributed by atoms with Crippen molar-refractivity contribution in [2.24, 2.45) is 0 Å². The van der Waals surface area contributed by atoms with E-state index in [0.717, 1.165) is 0 Å². The Morgan fingerprint density at radius 1 is 1.17 bits per heavy atom. The van der Waals surface area contributed by atoms with Crippen LogP contribution in [0.25, 0.3) is 0 Å². The Hall–Kier alpha value is -0.540. The summed E-state index contributed by atoms with van der Waals surface area (Å²) in [5.74, 6) is 0. The van der Waals surface area contributed by atoms with Crippen LogP contribution in [-0.2, 0) is 0 Å². The lowest BCUT2D eigenvalue weighted by Gasteiger charge is -2.28. The number of benzene rings is 1. The van der Waals surface area contributed by atoms with Crippen LogP contribution in [0, 0.1) is 0 Å². The molecule has 1 atom stereocenters. The highest BCUT2D eigenvalue weighted by Crippen LogP contribution is 2.31. The summed E-state index contributed by atoms with van der Waals surface area (Å²) in [6.45, 7) is 4.62. The monoisotopic (exact) mass is 310 g/mol. The zero-order valence-corrected chi connectivity index (χ0v) is 13.0. The van der Waals surface area contributed by atoms with E-state index in [4.69, 9.17) is 0 Å². The Balaban J connectivity index is 2.30. The lowest BCUT2D eigenvalue weighted by molar-refractivity contribution is 0.646. The molecule has 1 heterocycles. The SMILES string of the molecule is CNC(C)c1ccc(Br)cc1N1CCCCCC1. The molecule has 0 saturated carbocycles. The zero-order valence-electron chi connectivity index (χ0n) is 11.4. The van der Waals surface area contributed by atoms with Gasteiger partial charge < -0.3 is 10.2 Å². The van der Waals surface area contributed by atoms with E-state index in [1.165, 1.54) is 54.5 Å². The van der Waals surface area contributed by atoms with Crippen molar-refractivity contribution in [2.45, 2.75) is 38.6 Å². The van der Waals surface area contributed by atoms with E-state index < -0.39 is 0 Å². The topological polar surface area (TPSA) is 15.3 Å². The fourth-order valence-corrected chi connectivity index (χ4v) is 2.97. The Kier molecular flexibility index (Phi) is 5.07. The Morgan fingerprint density at radius 2 is 1.83 bits per heavy atom. The van der Waals surface area contributed by atoms with Gasteiger partial charge >= 0.3 is 0 Å². The van der Waals surface area contributed by atoms with E-state index in [9.17, 15) is 0 Å². The second-order valence-corrected chi connectivity index (χ2v) is 6.03. The fraction of sp³-hybridized carbons (Fsp3) is 0.600. The molecule has 2 nitrogen and oxygen atoms in total. The minimum atomic E-state index is 0.399. The number of nitrogens with one attached hydrogen (secondary N) is 1. The second kappa shape index (κ2) is 6.58. The third kappa shape index (κ3) is 3.27. The lowest BCUT2D eigenvalue weighted by Crippen LogP contribution is -2.26. The van der Waals surface area contributed by atoms with Gasteiger partial charge in [0.2, 0.25) is 0 Å². The minimum absolute atomic E-state index is 0.399. The van der Waals surface area contributed by atoms with Gasteiger partial charge in [-0.05, 0) is 44.5 Å². The van der Waals surface area contributed by atoms with E-state index in [1.54, 1.807) is 0 Å². The van der Waals surface area contributed by atoms with Crippen molar-refractivity contribution in [3.8, 4) is 0 Å². The van der Waals surface area contributed by atoms with Gasteiger partial charge in [0.15, 0.2) is 0 Å². The first-order valence-electron chi connectivity index (χ1n) is 6.94. The standard InChI is InChI=1S/C15H23BrN2/c1-12(17-2)14-8-7-13(16)11-15(14)18-9-5-3-4-6-10-18/h7-8,11-12,17H,3-6,9-10H2,1-2H3. The van der Waals surface area contributed by atoms with E-state index in [2.05, 4.69) is 51.3 Å².